The van der Waals surface area contributed by atoms with Gasteiger partial charge in [-0.2, -0.15) is 0 Å². The number of benzene rings is 3. The summed E-state index contributed by atoms with van der Waals surface area (Å²) in [7, 11) is 1.30. The molecule has 0 atom stereocenters. The van der Waals surface area contributed by atoms with Gasteiger partial charge in [-0.15, -0.1) is 0 Å². The predicted molar refractivity (Wildman–Crippen MR) is 119 cm³/mol. The number of hydrogen-bond donors (Lipinski definition) is 0. The fourth-order valence-corrected chi connectivity index (χ4v) is 3.90. The Hall–Kier alpha value is -2.11. The van der Waals surface area contributed by atoms with Crippen LogP contribution in [0.1, 0.15) is 21.5 Å². The number of carbonyl (C=O) groups excluding carboxylic acids is 1. The lowest BCUT2D eigenvalue weighted by atomic mass is 10.1. The fourth-order valence-electron chi connectivity index (χ4n) is 2.75. The zero-order valence-corrected chi connectivity index (χ0v) is 18.8. The van der Waals surface area contributed by atoms with Crippen LogP contribution in [0.25, 0.3) is 0 Å². The highest BCUT2D eigenvalue weighted by molar-refractivity contribution is 6.35. The summed E-state index contributed by atoms with van der Waals surface area (Å²) in [5.41, 5.74) is 1.73. The van der Waals surface area contributed by atoms with Crippen molar-refractivity contribution in [2.24, 2.45) is 0 Å². The molecule has 3 aromatic rings. The van der Waals surface area contributed by atoms with E-state index in [1.165, 1.54) is 7.11 Å². The van der Waals surface area contributed by atoms with E-state index in [-0.39, 0.29) is 24.5 Å². The molecule has 4 nitrogen and oxygen atoms in total. The molecular formula is C22H16Cl4O4. The summed E-state index contributed by atoms with van der Waals surface area (Å²) >= 11 is 24.2. The van der Waals surface area contributed by atoms with E-state index in [1.807, 2.05) is 0 Å². The Kier molecular flexibility index (Phi) is 7.73. The summed E-state index contributed by atoms with van der Waals surface area (Å²) in [5.74, 6) is 0.0565. The van der Waals surface area contributed by atoms with Crippen LogP contribution >= 0.6 is 46.4 Å². The number of halogens is 4. The van der Waals surface area contributed by atoms with E-state index in [9.17, 15) is 4.79 Å². The standard InChI is InChI=1S/C22H16Cl4O4/c1-28-22(27)19-3-2-4-20(29-11-13-5-15(23)9-16(24)6-13)21(19)30-12-14-7-17(25)10-18(26)8-14/h2-10H,11-12H2,1H3. The molecule has 0 fully saturated rings. The molecule has 0 aliphatic carbocycles. The lowest BCUT2D eigenvalue weighted by molar-refractivity contribution is 0.0594. The average molecular weight is 486 g/mol. The molecule has 0 saturated heterocycles. The van der Waals surface area contributed by atoms with E-state index in [0.717, 1.165) is 11.1 Å². The first kappa shape index (κ1) is 22.6. The van der Waals surface area contributed by atoms with Crippen molar-refractivity contribution < 1.29 is 19.0 Å². The minimum Gasteiger partial charge on any atom is -0.485 e. The lowest BCUT2D eigenvalue weighted by Gasteiger charge is -2.16. The van der Waals surface area contributed by atoms with Crippen LogP contribution in [0.2, 0.25) is 20.1 Å². The summed E-state index contributed by atoms with van der Waals surface area (Å²) in [5, 5.41) is 1.96. The van der Waals surface area contributed by atoms with E-state index in [1.54, 1.807) is 54.6 Å². The highest BCUT2D eigenvalue weighted by Gasteiger charge is 2.19. The molecule has 3 rings (SSSR count). The van der Waals surface area contributed by atoms with Gasteiger partial charge in [0.05, 0.1) is 7.11 Å². The first-order valence-corrected chi connectivity index (χ1v) is 10.2. The number of ether oxygens (including phenoxy) is 3. The quantitative estimate of drug-likeness (QED) is 0.330. The van der Waals surface area contributed by atoms with Gasteiger partial charge in [0.2, 0.25) is 0 Å². The van der Waals surface area contributed by atoms with Gasteiger partial charge in [-0.1, -0.05) is 52.5 Å². The van der Waals surface area contributed by atoms with Crippen LogP contribution in [0.15, 0.2) is 54.6 Å². The van der Waals surface area contributed by atoms with Crippen molar-refractivity contribution in [3.63, 3.8) is 0 Å². The van der Waals surface area contributed by atoms with Gasteiger partial charge in [0.1, 0.15) is 18.8 Å². The maximum Gasteiger partial charge on any atom is 0.341 e. The largest absolute Gasteiger partial charge is 0.485 e. The SMILES string of the molecule is COC(=O)c1cccc(OCc2cc(Cl)cc(Cl)c2)c1OCc1cc(Cl)cc(Cl)c1. The van der Waals surface area contributed by atoms with Crippen LogP contribution in [0.3, 0.4) is 0 Å². The number of carbonyl (C=O) groups is 1. The van der Waals surface area contributed by atoms with Crippen molar-refractivity contribution in [3.8, 4) is 11.5 Å². The van der Waals surface area contributed by atoms with Crippen LogP contribution < -0.4 is 9.47 Å². The van der Waals surface area contributed by atoms with Crippen molar-refractivity contribution in [1.82, 2.24) is 0 Å². The molecule has 0 spiro atoms. The second kappa shape index (κ2) is 10.3. The summed E-state index contributed by atoms with van der Waals surface area (Å²) in [4.78, 5) is 12.2. The van der Waals surface area contributed by atoms with Gasteiger partial charge in [-0.3, -0.25) is 0 Å². The highest BCUT2D eigenvalue weighted by atomic mass is 35.5. The molecular weight excluding hydrogens is 470 g/mol. The molecule has 0 bridgehead atoms. The molecule has 0 saturated carbocycles. The van der Waals surface area contributed by atoms with E-state index in [4.69, 9.17) is 60.6 Å². The van der Waals surface area contributed by atoms with E-state index in [2.05, 4.69) is 0 Å². The molecule has 0 aliphatic heterocycles. The molecule has 0 aliphatic rings. The Morgan fingerprint density at radius 3 is 1.77 bits per heavy atom. The summed E-state index contributed by atoms with van der Waals surface area (Å²) < 4.78 is 16.7. The van der Waals surface area contributed by atoms with Crippen LogP contribution in [-0.4, -0.2) is 13.1 Å². The zero-order valence-electron chi connectivity index (χ0n) is 15.8. The van der Waals surface area contributed by atoms with Gasteiger partial charge in [0.25, 0.3) is 0 Å². The Balaban J connectivity index is 1.87. The molecule has 0 N–H and O–H groups in total. The fraction of sp³-hybridized carbons (Fsp3) is 0.136. The Morgan fingerprint density at radius 1 is 0.767 bits per heavy atom. The van der Waals surface area contributed by atoms with Gasteiger partial charge >= 0.3 is 5.97 Å². The van der Waals surface area contributed by atoms with Gasteiger partial charge in [-0.25, -0.2) is 4.79 Å². The summed E-state index contributed by atoms with van der Waals surface area (Å²) in [6.45, 7) is 0.290. The number of methoxy groups -OCH3 is 1. The number of rotatable bonds is 7. The second-order valence-corrected chi connectivity index (χ2v) is 8.00. The summed E-state index contributed by atoms with van der Waals surface area (Å²) in [6, 6.07) is 15.2. The Morgan fingerprint density at radius 2 is 1.27 bits per heavy atom. The van der Waals surface area contributed by atoms with Crippen LogP contribution in [-0.2, 0) is 18.0 Å². The molecule has 3 aromatic carbocycles. The van der Waals surface area contributed by atoms with Crippen molar-refractivity contribution in [2.45, 2.75) is 13.2 Å². The third kappa shape index (κ3) is 5.96. The Bertz CT molecular complexity index is 1030. The third-order valence-corrected chi connectivity index (χ3v) is 4.88. The maximum atomic E-state index is 12.2. The molecule has 0 amide bonds. The normalized spacial score (nSPS) is 10.6. The zero-order chi connectivity index (χ0) is 21.7. The van der Waals surface area contributed by atoms with Gasteiger partial charge < -0.3 is 14.2 Å². The van der Waals surface area contributed by atoms with Crippen molar-refractivity contribution in [3.05, 3.63) is 91.4 Å². The maximum absolute atomic E-state index is 12.2. The monoisotopic (exact) mass is 484 g/mol. The number of para-hydroxylation sites is 1. The minimum atomic E-state index is -0.551. The predicted octanol–water partition coefficient (Wildman–Crippen LogP) is 7.24. The molecule has 0 radical (unpaired) electrons. The first-order valence-electron chi connectivity index (χ1n) is 8.72. The molecule has 0 heterocycles. The van der Waals surface area contributed by atoms with E-state index in [0.29, 0.717) is 25.8 Å². The lowest BCUT2D eigenvalue weighted by Crippen LogP contribution is -2.08. The molecule has 156 valence electrons. The second-order valence-electron chi connectivity index (χ2n) is 6.26. The molecule has 0 unspecified atom stereocenters. The van der Waals surface area contributed by atoms with Gasteiger partial charge in [0.15, 0.2) is 11.5 Å². The van der Waals surface area contributed by atoms with Crippen molar-refractivity contribution in [2.75, 3.05) is 7.11 Å². The highest BCUT2D eigenvalue weighted by Crippen LogP contribution is 2.34. The van der Waals surface area contributed by atoms with Crippen LogP contribution in [0.5, 0.6) is 11.5 Å². The minimum absolute atomic E-state index is 0.119. The smallest absolute Gasteiger partial charge is 0.341 e. The van der Waals surface area contributed by atoms with Crippen molar-refractivity contribution >= 4 is 52.4 Å². The topological polar surface area (TPSA) is 44.8 Å². The summed E-state index contributed by atoms with van der Waals surface area (Å²) in [6.07, 6.45) is 0. The molecule has 0 aromatic heterocycles. The van der Waals surface area contributed by atoms with Crippen molar-refractivity contribution in [1.29, 1.82) is 0 Å². The van der Waals surface area contributed by atoms with E-state index < -0.39 is 5.97 Å². The number of esters is 1. The van der Waals surface area contributed by atoms with E-state index >= 15 is 0 Å². The van der Waals surface area contributed by atoms with Gasteiger partial charge in [-0.05, 0) is 59.7 Å². The average Bonchev–Trinajstić information content (AvgIpc) is 2.68. The number of hydrogen-bond acceptors (Lipinski definition) is 4. The van der Waals surface area contributed by atoms with Crippen LogP contribution in [0, 0.1) is 0 Å². The van der Waals surface area contributed by atoms with Gasteiger partial charge in [0, 0.05) is 20.1 Å². The Labute approximate surface area is 194 Å². The molecule has 8 heteroatoms. The van der Waals surface area contributed by atoms with Crippen LogP contribution in [0.4, 0.5) is 0 Å². The third-order valence-electron chi connectivity index (χ3n) is 4.01. The molecule has 30 heavy (non-hydrogen) atoms. The first-order chi connectivity index (χ1) is 14.4.